The molecule has 0 bridgehead atoms. The summed E-state index contributed by atoms with van der Waals surface area (Å²) in [6, 6.07) is 6.20. The van der Waals surface area contributed by atoms with E-state index in [0.717, 1.165) is 0 Å². The summed E-state index contributed by atoms with van der Waals surface area (Å²) in [5.74, 6) is -1.09. The number of Topliss-reactive ketones (excluding diaryl/α,β-unsaturated/α-hetero) is 1. The lowest BCUT2D eigenvalue weighted by Crippen LogP contribution is -2.48. The number of hydrogen-bond donors (Lipinski definition) is 7. The highest BCUT2D eigenvalue weighted by molar-refractivity contribution is 7.60. The quantitative estimate of drug-likeness (QED) is 0.133. The number of nitrogens with zero attached hydrogens (tertiary/aromatic N) is 3. The Bertz CT molecular complexity index is 1500. The Kier molecular flexibility index (Phi) is 7.11. The first-order chi connectivity index (χ1) is 17.2. The fraction of sp³-hybridized carbons (Fsp3) is 0.333. The van der Waals surface area contributed by atoms with Gasteiger partial charge in [-0.05, 0) is 12.1 Å². The maximum absolute atomic E-state index is 13.6. The van der Waals surface area contributed by atoms with Gasteiger partial charge >= 0.3 is 15.6 Å². The second-order valence-electron chi connectivity index (χ2n) is 7.94. The number of ether oxygens (including phenoxy) is 1. The zero-order chi connectivity index (χ0) is 27.2. The molecule has 1 fully saturated rings. The van der Waals surface area contributed by atoms with E-state index in [1.165, 1.54) is 17.0 Å². The molecule has 0 radical (unpaired) electrons. The van der Waals surface area contributed by atoms with E-state index in [9.17, 15) is 28.7 Å². The van der Waals surface area contributed by atoms with Gasteiger partial charge in [0.25, 0.3) is 5.56 Å². The number of hydrogen-bond acceptors (Lipinski definition) is 12. The Labute approximate surface area is 207 Å². The van der Waals surface area contributed by atoms with E-state index < -0.39 is 57.9 Å². The number of carbonyl (C=O) groups excluding carboxylic acids is 1. The van der Waals surface area contributed by atoms with Gasteiger partial charge in [-0.2, -0.15) is 9.29 Å². The Balaban J connectivity index is 1.72. The van der Waals surface area contributed by atoms with Crippen LogP contribution in [0.1, 0.15) is 23.0 Å². The lowest BCUT2D eigenvalue weighted by molar-refractivity contribution is -0.0662. The second-order valence-corrected chi connectivity index (χ2v) is 10.8. The molecular formula is C18H22N6O11P2. The monoisotopic (exact) mass is 560 g/mol. The summed E-state index contributed by atoms with van der Waals surface area (Å²) >= 11 is 0. The molecule has 1 saturated heterocycles. The molecule has 8 N–H and O–H groups in total. The van der Waals surface area contributed by atoms with Gasteiger partial charge in [0, 0.05) is 24.7 Å². The number of ketones is 1. The number of imidazole rings is 1. The fourth-order valence-corrected chi connectivity index (χ4v) is 5.52. The zero-order valence-corrected chi connectivity index (χ0v) is 20.7. The number of rotatable bonds is 9. The van der Waals surface area contributed by atoms with Crippen LogP contribution in [0, 0.1) is 0 Å². The molecule has 1 aliphatic heterocycles. The number of nitrogens with one attached hydrogen (secondary N) is 2. The van der Waals surface area contributed by atoms with Crippen molar-refractivity contribution >= 4 is 44.2 Å². The van der Waals surface area contributed by atoms with E-state index >= 15 is 0 Å². The SMILES string of the molecule is CNc1ccccc1C(=O)[C@]1(O)C[C@@H](n2cnc3c(=O)[nH]c(N)nc32)O[C@@H]1COP(=O)(O)OP(=O)(O)O. The minimum absolute atomic E-state index is 0.0316. The van der Waals surface area contributed by atoms with Gasteiger partial charge in [-0.1, -0.05) is 12.1 Å². The van der Waals surface area contributed by atoms with E-state index in [-0.39, 0.29) is 22.7 Å². The third-order valence-electron chi connectivity index (χ3n) is 5.53. The van der Waals surface area contributed by atoms with Gasteiger partial charge in [0.05, 0.1) is 12.9 Å². The average molecular weight is 560 g/mol. The first-order valence-corrected chi connectivity index (χ1v) is 13.4. The van der Waals surface area contributed by atoms with Crippen molar-refractivity contribution in [1.82, 2.24) is 19.5 Å². The summed E-state index contributed by atoms with van der Waals surface area (Å²) < 4.78 is 38.4. The standard InChI is InChI=1S/C18H22N6O11P2/c1-20-10-5-3-2-4-9(10)14(25)18(27)6-12(24-8-21-13-15(24)22-17(19)23-16(13)26)34-11(18)7-33-37(31,32)35-36(28,29)30/h2-5,8,11-12,20,27H,6-7H2,1H3,(H,31,32)(H2,28,29,30)(H3,19,22,23,26)/t11-,12+,18+/m1/s1. The number of aromatic amines is 1. The summed E-state index contributed by atoms with van der Waals surface area (Å²) in [4.78, 5) is 63.3. The summed E-state index contributed by atoms with van der Waals surface area (Å²) in [6.45, 7) is -1.00. The number of anilines is 2. The molecule has 200 valence electrons. The van der Waals surface area contributed by atoms with Crippen molar-refractivity contribution in [3.8, 4) is 0 Å². The van der Waals surface area contributed by atoms with Gasteiger partial charge in [0.15, 0.2) is 22.5 Å². The minimum atomic E-state index is -5.43. The molecule has 0 saturated carbocycles. The van der Waals surface area contributed by atoms with Crippen LogP contribution in [0.3, 0.4) is 0 Å². The normalized spacial score (nSPS) is 23.7. The average Bonchev–Trinajstić information content (AvgIpc) is 3.37. The first kappa shape index (κ1) is 27.1. The lowest BCUT2D eigenvalue weighted by atomic mass is 9.85. The number of nitrogen functional groups attached to an aromatic ring is 1. The van der Waals surface area contributed by atoms with Crippen molar-refractivity contribution in [3.63, 3.8) is 0 Å². The molecule has 4 atom stereocenters. The number of H-pyrrole nitrogens is 1. The topological polar surface area (TPSA) is 261 Å². The van der Waals surface area contributed by atoms with Crippen LogP contribution in [-0.2, 0) is 22.7 Å². The predicted molar refractivity (Wildman–Crippen MR) is 125 cm³/mol. The number of phosphoric ester groups is 1. The number of aromatic nitrogens is 4. The number of nitrogens with two attached hydrogens (primary N) is 1. The minimum Gasteiger partial charge on any atom is -0.388 e. The van der Waals surface area contributed by atoms with E-state index in [1.54, 1.807) is 25.2 Å². The molecule has 0 aliphatic carbocycles. The smallest absolute Gasteiger partial charge is 0.388 e. The van der Waals surface area contributed by atoms with Crippen molar-refractivity contribution in [2.24, 2.45) is 0 Å². The largest absolute Gasteiger partial charge is 0.481 e. The summed E-state index contributed by atoms with van der Waals surface area (Å²) in [5, 5.41) is 14.4. The highest BCUT2D eigenvalue weighted by Gasteiger charge is 2.55. The molecule has 0 spiro atoms. The van der Waals surface area contributed by atoms with Crippen LogP contribution in [-0.4, -0.2) is 70.4 Å². The number of para-hydroxylation sites is 1. The molecule has 4 rings (SSSR count). The van der Waals surface area contributed by atoms with Gasteiger partial charge in [0.1, 0.15) is 12.3 Å². The third-order valence-corrected chi connectivity index (χ3v) is 7.69. The van der Waals surface area contributed by atoms with Crippen molar-refractivity contribution < 1.29 is 47.3 Å². The Morgan fingerprint density at radius 1 is 1.35 bits per heavy atom. The Morgan fingerprint density at radius 2 is 2.05 bits per heavy atom. The van der Waals surface area contributed by atoms with E-state index in [0.29, 0.717) is 5.69 Å². The molecule has 37 heavy (non-hydrogen) atoms. The summed E-state index contributed by atoms with van der Waals surface area (Å²) in [6.07, 6.45) is -2.16. The van der Waals surface area contributed by atoms with Crippen LogP contribution in [0.15, 0.2) is 35.4 Å². The predicted octanol–water partition coefficient (Wildman–Crippen LogP) is -0.129. The molecule has 1 aromatic carbocycles. The zero-order valence-electron chi connectivity index (χ0n) is 18.9. The van der Waals surface area contributed by atoms with Crippen LogP contribution in [0.4, 0.5) is 11.6 Å². The molecule has 2 aromatic heterocycles. The highest BCUT2D eigenvalue weighted by atomic mass is 31.3. The van der Waals surface area contributed by atoms with Crippen LogP contribution in [0.2, 0.25) is 0 Å². The molecule has 3 aromatic rings. The summed E-state index contributed by atoms with van der Waals surface area (Å²) in [5.41, 5.74) is 2.84. The molecule has 3 heterocycles. The first-order valence-electron chi connectivity index (χ1n) is 10.4. The van der Waals surface area contributed by atoms with Crippen molar-refractivity contribution in [1.29, 1.82) is 0 Å². The highest BCUT2D eigenvalue weighted by Crippen LogP contribution is 2.58. The molecule has 0 amide bonds. The van der Waals surface area contributed by atoms with E-state index in [4.69, 9.17) is 20.3 Å². The Hall–Kier alpha value is -2.98. The van der Waals surface area contributed by atoms with Crippen LogP contribution < -0.4 is 16.6 Å². The van der Waals surface area contributed by atoms with Crippen LogP contribution in [0.25, 0.3) is 11.2 Å². The summed E-state index contributed by atoms with van der Waals surface area (Å²) in [7, 11) is -9.22. The van der Waals surface area contributed by atoms with Crippen molar-refractivity contribution in [2.75, 3.05) is 24.7 Å². The van der Waals surface area contributed by atoms with Crippen LogP contribution >= 0.6 is 15.6 Å². The number of fused-ring (bicyclic) bond motifs is 1. The molecule has 17 nitrogen and oxygen atoms in total. The third kappa shape index (κ3) is 5.50. The number of carbonyl (C=O) groups is 1. The van der Waals surface area contributed by atoms with Gasteiger partial charge in [-0.15, -0.1) is 0 Å². The fourth-order valence-electron chi connectivity index (χ4n) is 3.93. The van der Waals surface area contributed by atoms with Gasteiger partial charge in [-0.3, -0.25) is 23.7 Å². The maximum Gasteiger partial charge on any atom is 0.481 e. The van der Waals surface area contributed by atoms with Gasteiger partial charge < -0.3 is 35.6 Å². The van der Waals surface area contributed by atoms with E-state index in [1.807, 2.05) is 0 Å². The number of benzene rings is 1. The van der Waals surface area contributed by atoms with Crippen molar-refractivity contribution in [2.45, 2.75) is 24.4 Å². The second kappa shape index (κ2) is 9.72. The molecule has 19 heteroatoms. The Morgan fingerprint density at radius 3 is 2.73 bits per heavy atom. The molecule has 1 aliphatic rings. The molecular weight excluding hydrogens is 538 g/mol. The van der Waals surface area contributed by atoms with E-state index in [2.05, 4.69) is 29.1 Å². The maximum atomic E-state index is 13.6. The van der Waals surface area contributed by atoms with Gasteiger partial charge in [-0.25, -0.2) is 14.1 Å². The van der Waals surface area contributed by atoms with Crippen molar-refractivity contribution in [3.05, 3.63) is 46.5 Å². The number of aliphatic hydroxyl groups is 1. The van der Waals surface area contributed by atoms with Gasteiger partial charge in [0.2, 0.25) is 5.95 Å². The lowest BCUT2D eigenvalue weighted by Gasteiger charge is -2.27. The molecule has 1 unspecified atom stereocenters. The number of phosphoric acid groups is 2. The van der Waals surface area contributed by atoms with Crippen LogP contribution in [0.5, 0.6) is 0 Å².